The lowest BCUT2D eigenvalue weighted by atomic mass is 10.2. The van der Waals surface area contributed by atoms with E-state index in [1.807, 2.05) is 30.3 Å². The lowest BCUT2D eigenvalue weighted by Crippen LogP contribution is -2.23. The first-order chi connectivity index (χ1) is 10.2. The van der Waals surface area contributed by atoms with E-state index in [9.17, 15) is 4.79 Å². The first-order valence-electron chi connectivity index (χ1n) is 6.60. The summed E-state index contributed by atoms with van der Waals surface area (Å²) in [6.45, 7) is 2.46. The van der Waals surface area contributed by atoms with Gasteiger partial charge in [0.05, 0.1) is 0 Å². The topological polar surface area (TPSA) is 65.8 Å². The van der Waals surface area contributed by atoms with Crippen molar-refractivity contribution in [3.05, 3.63) is 57.6 Å². The number of nitrogens with zero attached hydrogens (tertiary/aromatic N) is 2. The molecule has 0 radical (unpaired) electrons. The van der Waals surface area contributed by atoms with E-state index in [-0.39, 0.29) is 11.5 Å². The van der Waals surface area contributed by atoms with Gasteiger partial charge < -0.3 is 5.32 Å². The number of aryl methyl sites for hydroxylation is 1. The van der Waals surface area contributed by atoms with Crippen LogP contribution in [0.5, 0.6) is 0 Å². The Kier molecular flexibility index (Phi) is 5.24. The molecule has 0 spiro atoms. The second-order valence-corrected chi connectivity index (χ2v) is 5.57. The van der Waals surface area contributed by atoms with Gasteiger partial charge in [-0.3, -0.25) is 9.78 Å². The minimum atomic E-state index is -0.360. The van der Waals surface area contributed by atoms with Gasteiger partial charge in [-0.25, -0.2) is 0 Å². The molecule has 2 rings (SSSR count). The maximum Gasteiger partial charge on any atom is 0.262 e. The first-order valence-corrected chi connectivity index (χ1v) is 7.42. The summed E-state index contributed by atoms with van der Waals surface area (Å²) in [5.41, 5.74) is 1.06. The Morgan fingerprint density at radius 1 is 1.38 bits per heavy atom. The molecule has 21 heavy (non-hydrogen) atoms. The summed E-state index contributed by atoms with van der Waals surface area (Å²) in [7, 11) is 0. The standard InChI is InChI=1S/C16H15N3OS/c1-2-14-3-4-15(21-14)9-13(10-17)16(20)19-11-12-5-7-18-8-6-12/h3-9H,2,11H2,1H3,(H,19,20). The maximum atomic E-state index is 12.0. The number of nitriles is 1. The summed E-state index contributed by atoms with van der Waals surface area (Å²) in [6, 6.07) is 9.54. The molecule has 1 amide bonds. The number of nitrogens with one attached hydrogen (secondary N) is 1. The normalized spacial score (nSPS) is 11.0. The Hall–Kier alpha value is -2.45. The molecule has 2 aromatic rings. The lowest BCUT2D eigenvalue weighted by molar-refractivity contribution is -0.117. The molecule has 0 saturated heterocycles. The average molecular weight is 297 g/mol. The van der Waals surface area contributed by atoms with Crippen molar-refractivity contribution in [1.82, 2.24) is 10.3 Å². The van der Waals surface area contributed by atoms with Crippen LogP contribution in [-0.4, -0.2) is 10.9 Å². The van der Waals surface area contributed by atoms with Crippen LogP contribution in [0.4, 0.5) is 0 Å². The zero-order chi connectivity index (χ0) is 15.1. The second-order valence-electron chi connectivity index (χ2n) is 4.37. The first kappa shape index (κ1) is 14.9. The molecule has 0 saturated carbocycles. The van der Waals surface area contributed by atoms with Gasteiger partial charge in [-0.05, 0) is 42.3 Å². The van der Waals surface area contributed by atoms with Crippen molar-refractivity contribution in [2.45, 2.75) is 19.9 Å². The molecule has 0 aliphatic rings. The summed E-state index contributed by atoms with van der Waals surface area (Å²) in [5.74, 6) is -0.360. The number of hydrogen-bond acceptors (Lipinski definition) is 4. The van der Waals surface area contributed by atoms with Gasteiger partial charge in [-0.1, -0.05) is 6.92 Å². The molecule has 0 aliphatic heterocycles. The monoisotopic (exact) mass is 297 g/mol. The molecule has 0 unspecified atom stereocenters. The van der Waals surface area contributed by atoms with Crippen LogP contribution in [0.15, 0.2) is 42.2 Å². The average Bonchev–Trinajstić information content (AvgIpc) is 2.99. The highest BCUT2D eigenvalue weighted by Gasteiger charge is 2.09. The van der Waals surface area contributed by atoms with Crippen LogP contribution < -0.4 is 5.32 Å². The van der Waals surface area contributed by atoms with Crippen LogP contribution >= 0.6 is 11.3 Å². The van der Waals surface area contributed by atoms with Crippen LogP contribution in [-0.2, 0) is 17.8 Å². The second kappa shape index (κ2) is 7.36. The summed E-state index contributed by atoms with van der Waals surface area (Å²) in [4.78, 5) is 18.1. The number of amides is 1. The van der Waals surface area contributed by atoms with Gasteiger partial charge in [0.15, 0.2) is 0 Å². The molecule has 2 heterocycles. The SMILES string of the molecule is CCc1ccc(C=C(C#N)C(=O)NCc2ccncc2)s1. The smallest absolute Gasteiger partial charge is 0.262 e. The number of aromatic nitrogens is 1. The Morgan fingerprint density at radius 2 is 2.14 bits per heavy atom. The number of rotatable bonds is 5. The lowest BCUT2D eigenvalue weighted by Gasteiger charge is -2.03. The van der Waals surface area contributed by atoms with E-state index in [1.165, 1.54) is 4.88 Å². The minimum absolute atomic E-state index is 0.119. The van der Waals surface area contributed by atoms with Gasteiger partial charge in [-0.2, -0.15) is 5.26 Å². The van der Waals surface area contributed by atoms with Gasteiger partial charge in [0.1, 0.15) is 11.6 Å². The number of carbonyl (C=O) groups excluding carboxylic acids is 1. The van der Waals surface area contributed by atoms with E-state index in [4.69, 9.17) is 5.26 Å². The van der Waals surface area contributed by atoms with E-state index in [1.54, 1.807) is 29.8 Å². The fourth-order valence-corrected chi connectivity index (χ4v) is 2.63. The van der Waals surface area contributed by atoms with Gasteiger partial charge in [0, 0.05) is 28.7 Å². The third-order valence-electron chi connectivity index (χ3n) is 2.88. The molecule has 0 aromatic carbocycles. The van der Waals surface area contributed by atoms with Gasteiger partial charge in [-0.15, -0.1) is 11.3 Å². The quantitative estimate of drug-likeness (QED) is 0.681. The van der Waals surface area contributed by atoms with Crippen LogP contribution in [0.2, 0.25) is 0 Å². The van der Waals surface area contributed by atoms with Crippen molar-refractivity contribution in [2.24, 2.45) is 0 Å². The van der Waals surface area contributed by atoms with Crippen molar-refractivity contribution in [2.75, 3.05) is 0 Å². The predicted octanol–water partition coefficient (Wildman–Crippen LogP) is 2.93. The number of pyridine rings is 1. The molecular weight excluding hydrogens is 282 g/mol. The third-order valence-corrected chi connectivity index (χ3v) is 4.06. The third kappa shape index (κ3) is 4.26. The van der Waals surface area contributed by atoms with Gasteiger partial charge in [0.2, 0.25) is 0 Å². The molecule has 0 atom stereocenters. The molecule has 106 valence electrons. The van der Waals surface area contributed by atoms with Crippen molar-refractivity contribution >= 4 is 23.3 Å². The van der Waals surface area contributed by atoms with Crippen LogP contribution in [0.3, 0.4) is 0 Å². The number of thiophene rings is 1. The van der Waals surface area contributed by atoms with E-state index in [0.717, 1.165) is 16.9 Å². The van der Waals surface area contributed by atoms with E-state index < -0.39 is 0 Å². The van der Waals surface area contributed by atoms with E-state index in [2.05, 4.69) is 17.2 Å². The molecule has 5 heteroatoms. The van der Waals surface area contributed by atoms with Crippen molar-refractivity contribution in [3.63, 3.8) is 0 Å². The highest BCUT2D eigenvalue weighted by molar-refractivity contribution is 7.12. The maximum absolute atomic E-state index is 12.0. The molecule has 4 nitrogen and oxygen atoms in total. The summed E-state index contributed by atoms with van der Waals surface area (Å²) < 4.78 is 0. The van der Waals surface area contributed by atoms with Crippen LogP contribution in [0.1, 0.15) is 22.2 Å². The summed E-state index contributed by atoms with van der Waals surface area (Å²) in [6.07, 6.45) is 5.92. The Morgan fingerprint density at radius 3 is 2.76 bits per heavy atom. The van der Waals surface area contributed by atoms with Gasteiger partial charge >= 0.3 is 0 Å². The largest absolute Gasteiger partial charge is 0.347 e. The highest BCUT2D eigenvalue weighted by Crippen LogP contribution is 2.19. The fourth-order valence-electron chi connectivity index (χ4n) is 1.73. The van der Waals surface area contributed by atoms with E-state index in [0.29, 0.717) is 6.54 Å². The molecule has 1 N–H and O–H groups in total. The summed E-state index contributed by atoms with van der Waals surface area (Å²) >= 11 is 1.59. The molecular formula is C16H15N3OS. The summed E-state index contributed by atoms with van der Waals surface area (Å²) in [5, 5.41) is 11.9. The zero-order valence-electron chi connectivity index (χ0n) is 11.7. The zero-order valence-corrected chi connectivity index (χ0v) is 12.5. The minimum Gasteiger partial charge on any atom is -0.347 e. The Bertz CT molecular complexity index is 683. The van der Waals surface area contributed by atoms with E-state index >= 15 is 0 Å². The number of carbonyl (C=O) groups is 1. The fraction of sp³-hybridized carbons (Fsp3) is 0.188. The van der Waals surface area contributed by atoms with Crippen LogP contribution in [0.25, 0.3) is 6.08 Å². The van der Waals surface area contributed by atoms with Crippen molar-refractivity contribution < 1.29 is 4.79 Å². The van der Waals surface area contributed by atoms with Crippen molar-refractivity contribution in [1.29, 1.82) is 5.26 Å². The van der Waals surface area contributed by atoms with Gasteiger partial charge in [0.25, 0.3) is 5.91 Å². The molecule has 0 fully saturated rings. The highest BCUT2D eigenvalue weighted by atomic mass is 32.1. The van der Waals surface area contributed by atoms with Crippen LogP contribution in [0, 0.1) is 11.3 Å². The predicted molar refractivity (Wildman–Crippen MR) is 83.4 cm³/mol. The Labute approximate surface area is 127 Å². The molecule has 2 aromatic heterocycles. The Balaban J connectivity index is 2.03. The molecule has 0 aliphatic carbocycles. The number of hydrogen-bond donors (Lipinski definition) is 1. The molecule has 0 bridgehead atoms. The van der Waals surface area contributed by atoms with Crippen molar-refractivity contribution in [3.8, 4) is 6.07 Å².